The lowest BCUT2D eigenvalue weighted by Gasteiger charge is -2.42. The van der Waals surface area contributed by atoms with Crippen molar-refractivity contribution in [3.63, 3.8) is 0 Å². The topological polar surface area (TPSA) is 49.8 Å². The molecule has 2 aliphatic rings. The molecule has 0 radical (unpaired) electrons. The molecule has 37 heavy (non-hydrogen) atoms. The van der Waals surface area contributed by atoms with Crippen molar-refractivity contribution < 1.29 is 14.6 Å². The summed E-state index contributed by atoms with van der Waals surface area (Å²) in [4.78, 5) is 15.1. The van der Waals surface area contributed by atoms with Gasteiger partial charge in [-0.2, -0.15) is 0 Å². The fourth-order valence-corrected chi connectivity index (χ4v) is 5.96. The van der Waals surface area contributed by atoms with Crippen molar-refractivity contribution in [1.29, 1.82) is 0 Å². The van der Waals surface area contributed by atoms with Gasteiger partial charge in [0.05, 0.1) is 0 Å². The maximum absolute atomic E-state index is 12.7. The Balaban J connectivity index is 1.21. The van der Waals surface area contributed by atoms with Crippen LogP contribution in [0.4, 0.5) is 0 Å². The Morgan fingerprint density at radius 2 is 1.59 bits per heavy atom. The van der Waals surface area contributed by atoms with Gasteiger partial charge in [0.15, 0.2) is 0 Å². The predicted octanol–water partition coefficient (Wildman–Crippen LogP) is 6.03. The second-order valence-corrected chi connectivity index (χ2v) is 11.7. The van der Waals surface area contributed by atoms with Gasteiger partial charge in [-0.25, -0.2) is 0 Å². The molecular formula is C33H39NO3. The highest BCUT2D eigenvalue weighted by Crippen LogP contribution is 2.48. The number of carbonyl (C=O) groups is 1. The third-order valence-corrected chi connectivity index (χ3v) is 8.22. The average molecular weight is 498 g/mol. The third kappa shape index (κ3) is 5.37. The normalized spacial score (nSPS) is 20.4. The van der Waals surface area contributed by atoms with E-state index in [4.69, 9.17) is 4.74 Å². The smallest absolute Gasteiger partial charge is 0.138 e. The summed E-state index contributed by atoms with van der Waals surface area (Å²) in [5.74, 6) is 1.14. The number of nitrogens with zero attached hydrogens (tertiary/aromatic N) is 1. The van der Waals surface area contributed by atoms with Crippen molar-refractivity contribution >= 4 is 5.78 Å². The van der Waals surface area contributed by atoms with Gasteiger partial charge in [-0.05, 0) is 65.6 Å². The van der Waals surface area contributed by atoms with Crippen LogP contribution < -0.4 is 4.74 Å². The highest BCUT2D eigenvalue weighted by atomic mass is 16.5. The van der Waals surface area contributed by atoms with Crippen LogP contribution in [0.5, 0.6) is 5.75 Å². The molecule has 0 bridgehead atoms. The highest BCUT2D eigenvalue weighted by Gasteiger charge is 2.45. The van der Waals surface area contributed by atoms with Crippen LogP contribution in [0.3, 0.4) is 0 Å². The Morgan fingerprint density at radius 1 is 0.946 bits per heavy atom. The van der Waals surface area contributed by atoms with E-state index in [1.165, 1.54) is 5.56 Å². The van der Waals surface area contributed by atoms with E-state index in [-0.39, 0.29) is 17.1 Å². The van der Waals surface area contributed by atoms with Gasteiger partial charge in [-0.1, -0.05) is 87.5 Å². The Kier molecular flexibility index (Phi) is 7.24. The standard InChI is InChI=1S/C33H39NO3/c1-32(2,3)26-14-12-24(13-15-26)22-28(35)18-21-34-19-16-27(17-20-34)33(36)29-9-5-4-8-25(29)23-37-31-11-7-6-10-30(31)33/h4-15,27,36H,16-23H2,1-3H3. The molecule has 1 N–H and O–H groups in total. The van der Waals surface area contributed by atoms with Crippen LogP contribution in [0.1, 0.15) is 67.9 Å². The fourth-order valence-electron chi connectivity index (χ4n) is 5.96. The van der Waals surface area contributed by atoms with Crippen molar-refractivity contribution in [1.82, 2.24) is 4.90 Å². The number of ketones is 1. The molecule has 5 rings (SSSR count). The summed E-state index contributed by atoms with van der Waals surface area (Å²) >= 11 is 0. The lowest BCUT2D eigenvalue weighted by molar-refractivity contribution is -0.118. The van der Waals surface area contributed by atoms with E-state index < -0.39 is 5.60 Å². The third-order valence-electron chi connectivity index (χ3n) is 8.22. The van der Waals surface area contributed by atoms with Crippen molar-refractivity contribution in [3.05, 3.63) is 101 Å². The number of benzene rings is 3. The van der Waals surface area contributed by atoms with Gasteiger partial charge in [0.2, 0.25) is 0 Å². The molecule has 1 unspecified atom stereocenters. The van der Waals surface area contributed by atoms with Crippen molar-refractivity contribution in [2.24, 2.45) is 5.92 Å². The summed E-state index contributed by atoms with van der Waals surface area (Å²) in [7, 11) is 0. The number of rotatable bonds is 6. The van der Waals surface area contributed by atoms with Crippen LogP contribution in [0.15, 0.2) is 72.8 Å². The zero-order chi connectivity index (χ0) is 26.0. The molecule has 0 spiro atoms. The Labute approximate surface area is 221 Å². The van der Waals surface area contributed by atoms with E-state index in [1.807, 2.05) is 36.4 Å². The average Bonchev–Trinajstić information content (AvgIpc) is 3.03. The summed E-state index contributed by atoms with van der Waals surface area (Å²) in [5, 5.41) is 12.4. The molecule has 4 nitrogen and oxygen atoms in total. The number of likely N-dealkylation sites (tertiary alicyclic amines) is 1. The zero-order valence-corrected chi connectivity index (χ0v) is 22.4. The number of Topliss-reactive ketones (excluding diaryl/α,β-unsaturated/α-hetero) is 1. The van der Waals surface area contributed by atoms with Gasteiger partial charge >= 0.3 is 0 Å². The number of carbonyl (C=O) groups excluding carboxylic acids is 1. The van der Waals surface area contributed by atoms with Crippen LogP contribution in [0.2, 0.25) is 0 Å². The van der Waals surface area contributed by atoms with Crippen molar-refractivity contribution in [3.8, 4) is 5.75 Å². The maximum Gasteiger partial charge on any atom is 0.138 e. The van der Waals surface area contributed by atoms with E-state index in [1.54, 1.807) is 0 Å². The zero-order valence-electron chi connectivity index (χ0n) is 22.4. The number of ether oxygens (including phenoxy) is 1. The SMILES string of the molecule is CC(C)(C)c1ccc(CC(=O)CCN2CCC(C3(O)c4ccccc4COc4ccccc43)CC2)cc1. The summed E-state index contributed by atoms with van der Waals surface area (Å²) < 4.78 is 6.11. The van der Waals surface area contributed by atoms with Crippen molar-refractivity contribution in [2.45, 2.75) is 64.1 Å². The lowest BCUT2D eigenvalue weighted by Crippen LogP contribution is -2.44. The summed E-state index contributed by atoms with van der Waals surface area (Å²) in [5.41, 5.74) is 4.30. The minimum absolute atomic E-state index is 0.0878. The van der Waals surface area contributed by atoms with Crippen LogP contribution in [0.25, 0.3) is 0 Å². The molecule has 2 aliphatic heterocycles. The molecule has 1 saturated heterocycles. The number of fused-ring (bicyclic) bond motifs is 2. The molecule has 0 amide bonds. The van der Waals surface area contributed by atoms with Gasteiger partial charge in [0, 0.05) is 24.9 Å². The van der Waals surface area contributed by atoms with Crippen LogP contribution in [-0.2, 0) is 28.8 Å². The molecule has 0 aromatic heterocycles. The molecule has 194 valence electrons. The van der Waals surface area contributed by atoms with Gasteiger partial charge in [0.1, 0.15) is 23.7 Å². The number of piperidine rings is 1. The fraction of sp³-hybridized carbons (Fsp3) is 0.424. The van der Waals surface area contributed by atoms with Gasteiger partial charge < -0.3 is 14.7 Å². The quantitative estimate of drug-likeness (QED) is 0.452. The predicted molar refractivity (Wildman–Crippen MR) is 148 cm³/mol. The second-order valence-electron chi connectivity index (χ2n) is 11.7. The Hall–Kier alpha value is -2.95. The van der Waals surface area contributed by atoms with E-state index in [0.717, 1.165) is 60.5 Å². The van der Waals surface area contributed by atoms with E-state index >= 15 is 0 Å². The van der Waals surface area contributed by atoms with Gasteiger partial charge in [-0.15, -0.1) is 0 Å². The van der Waals surface area contributed by atoms with Crippen LogP contribution in [-0.4, -0.2) is 35.4 Å². The van der Waals surface area contributed by atoms with E-state index in [2.05, 4.69) is 62.1 Å². The number of para-hydroxylation sites is 1. The molecule has 0 aliphatic carbocycles. The number of hydrogen-bond acceptors (Lipinski definition) is 4. The van der Waals surface area contributed by atoms with Crippen LogP contribution >= 0.6 is 0 Å². The van der Waals surface area contributed by atoms with E-state index in [0.29, 0.717) is 19.4 Å². The lowest BCUT2D eigenvalue weighted by atomic mass is 9.71. The minimum atomic E-state index is -1.08. The summed E-state index contributed by atoms with van der Waals surface area (Å²) in [6.07, 6.45) is 2.81. The van der Waals surface area contributed by atoms with Crippen LogP contribution in [0, 0.1) is 5.92 Å². The molecule has 4 heteroatoms. The Morgan fingerprint density at radius 3 is 2.30 bits per heavy atom. The second kappa shape index (κ2) is 10.4. The Bertz CT molecular complexity index is 1190. The molecule has 2 heterocycles. The van der Waals surface area contributed by atoms with Crippen molar-refractivity contribution in [2.75, 3.05) is 19.6 Å². The highest BCUT2D eigenvalue weighted by molar-refractivity contribution is 5.81. The molecule has 0 saturated carbocycles. The minimum Gasteiger partial charge on any atom is -0.488 e. The maximum atomic E-state index is 12.7. The number of aliphatic hydroxyl groups is 1. The molecule has 3 aromatic rings. The first-order valence-electron chi connectivity index (χ1n) is 13.6. The van der Waals surface area contributed by atoms with Gasteiger partial charge in [-0.3, -0.25) is 4.79 Å². The molecule has 1 fully saturated rings. The molecule has 3 aromatic carbocycles. The molecular weight excluding hydrogens is 458 g/mol. The first-order chi connectivity index (χ1) is 17.7. The molecule has 1 atom stereocenters. The summed E-state index contributed by atoms with van der Waals surface area (Å²) in [6, 6.07) is 24.5. The largest absolute Gasteiger partial charge is 0.488 e. The van der Waals surface area contributed by atoms with Gasteiger partial charge in [0.25, 0.3) is 0 Å². The summed E-state index contributed by atoms with van der Waals surface area (Å²) in [6.45, 7) is 9.62. The monoisotopic (exact) mass is 497 g/mol. The first kappa shape index (κ1) is 25.7. The van der Waals surface area contributed by atoms with E-state index in [9.17, 15) is 9.90 Å². The first-order valence-corrected chi connectivity index (χ1v) is 13.6. The number of hydrogen-bond donors (Lipinski definition) is 1.